The average Bonchev–Trinajstić information content (AvgIpc) is 2.90. The number of benzene rings is 2. The molecule has 1 aliphatic heterocycles. The van der Waals surface area contributed by atoms with Gasteiger partial charge in [0.25, 0.3) is 0 Å². The van der Waals surface area contributed by atoms with Gasteiger partial charge in [-0.15, -0.1) is 0 Å². The number of carbonyl (C=O) groups is 2. The van der Waals surface area contributed by atoms with E-state index in [1.807, 2.05) is 0 Å². The second kappa shape index (κ2) is 9.92. The first kappa shape index (κ1) is 25.3. The monoisotopic (exact) mass is 493 g/mol. The van der Waals surface area contributed by atoms with Crippen LogP contribution in [0.2, 0.25) is 0 Å². The molecule has 180 valence electrons. The smallest absolute Gasteiger partial charge is 0.355 e. The van der Waals surface area contributed by atoms with Gasteiger partial charge in [0.15, 0.2) is 17.5 Å². The number of methoxy groups -OCH3 is 2. The Labute approximate surface area is 202 Å². The van der Waals surface area contributed by atoms with Crippen molar-refractivity contribution in [3.05, 3.63) is 87.1 Å². The molecule has 36 heavy (non-hydrogen) atoms. The van der Waals surface area contributed by atoms with Crippen LogP contribution in [0.5, 0.6) is 0 Å². The summed E-state index contributed by atoms with van der Waals surface area (Å²) in [5.41, 5.74) is 0.761. The molecule has 0 bridgehead atoms. The molecule has 0 spiro atoms. The van der Waals surface area contributed by atoms with Crippen LogP contribution in [0.3, 0.4) is 0 Å². The number of rotatable bonds is 4. The molecule has 0 fully saturated rings. The zero-order chi connectivity index (χ0) is 26.7. The predicted molar refractivity (Wildman–Crippen MR) is 115 cm³/mol. The van der Waals surface area contributed by atoms with Crippen LogP contribution in [0.25, 0.3) is 0 Å². The highest BCUT2D eigenvalue weighted by Gasteiger charge is 2.45. The lowest BCUT2D eigenvalue weighted by Crippen LogP contribution is -2.41. The fourth-order valence-electron chi connectivity index (χ4n) is 3.80. The van der Waals surface area contributed by atoms with Crippen LogP contribution in [0.1, 0.15) is 22.6 Å². The van der Waals surface area contributed by atoms with E-state index in [0.29, 0.717) is 10.5 Å². The fourth-order valence-corrected chi connectivity index (χ4v) is 3.80. The van der Waals surface area contributed by atoms with E-state index in [0.717, 1.165) is 20.3 Å². The van der Waals surface area contributed by atoms with Crippen molar-refractivity contribution in [2.75, 3.05) is 19.1 Å². The molecule has 1 unspecified atom stereocenters. The molecule has 0 saturated carbocycles. The van der Waals surface area contributed by atoms with Crippen molar-refractivity contribution in [3.8, 4) is 18.2 Å². The van der Waals surface area contributed by atoms with Crippen molar-refractivity contribution >= 4 is 17.6 Å². The van der Waals surface area contributed by atoms with Gasteiger partial charge in [-0.3, -0.25) is 4.90 Å². The molecule has 0 saturated heterocycles. The van der Waals surface area contributed by atoms with Gasteiger partial charge < -0.3 is 15.2 Å². The lowest BCUT2D eigenvalue weighted by molar-refractivity contribution is -0.139. The maximum atomic E-state index is 15.4. The quantitative estimate of drug-likeness (QED) is 0.500. The van der Waals surface area contributed by atoms with E-state index in [2.05, 4.69) is 0 Å². The Morgan fingerprint density at radius 2 is 1.44 bits per heavy atom. The van der Waals surface area contributed by atoms with Crippen molar-refractivity contribution in [3.63, 3.8) is 0 Å². The van der Waals surface area contributed by atoms with E-state index in [-0.39, 0.29) is 0 Å². The van der Waals surface area contributed by atoms with Gasteiger partial charge >= 0.3 is 11.9 Å². The Hall–Kier alpha value is -5.28. The van der Waals surface area contributed by atoms with Crippen molar-refractivity contribution < 1.29 is 32.2 Å². The van der Waals surface area contributed by atoms with Crippen LogP contribution in [0.15, 0.2) is 53.0 Å². The van der Waals surface area contributed by atoms with E-state index in [9.17, 15) is 34.2 Å². The Kier molecular flexibility index (Phi) is 6.98. The number of carbonyl (C=O) groups excluding carboxylic acids is 2. The number of ether oxygens (including phenoxy) is 2. The predicted octanol–water partition coefficient (Wildman–Crippen LogP) is 2.75. The Morgan fingerprint density at radius 1 is 0.889 bits per heavy atom. The van der Waals surface area contributed by atoms with Crippen LogP contribution >= 0.6 is 0 Å². The number of hydrogen-bond donors (Lipinski definition) is 1. The zero-order valence-electron chi connectivity index (χ0n) is 18.6. The van der Waals surface area contributed by atoms with Crippen molar-refractivity contribution in [2.45, 2.75) is 5.92 Å². The summed E-state index contributed by atoms with van der Waals surface area (Å²) in [5, 5.41) is 28.7. The van der Waals surface area contributed by atoms with Gasteiger partial charge in [-0.25, -0.2) is 22.8 Å². The molecule has 2 aromatic carbocycles. The molecule has 2 N–H and O–H groups in total. The summed E-state index contributed by atoms with van der Waals surface area (Å²) < 4.78 is 54.0. The van der Waals surface area contributed by atoms with Gasteiger partial charge in [-0.1, -0.05) is 30.3 Å². The molecule has 2 aromatic rings. The molecule has 0 aromatic heterocycles. The largest absolute Gasteiger partial charge is 0.466 e. The molecule has 3 rings (SSSR count). The van der Waals surface area contributed by atoms with E-state index < -0.39 is 74.8 Å². The summed E-state index contributed by atoms with van der Waals surface area (Å²) in [6.45, 7) is 0. The maximum Gasteiger partial charge on any atom is 0.355 e. The van der Waals surface area contributed by atoms with Crippen molar-refractivity contribution in [2.24, 2.45) is 5.73 Å². The van der Waals surface area contributed by atoms with Crippen LogP contribution in [-0.4, -0.2) is 26.2 Å². The highest BCUT2D eigenvalue weighted by molar-refractivity contribution is 6.06. The highest BCUT2D eigenvalue weighted by atomic mass is 19.2. The van der Waals surface area contributed by atoms with Gasteiger partial charge in [0.05, 0.1) is 37.4 Å². The normalized spacial score (nSPS) is 15.1. The Morgan fingerprint density at radius 3 is 1.94 bits per heavy atom. The lowest BCUT2D eigenvalue weighted by Gasteiger charge is -2.36. The SMILES string of the molecule is COC(=O)C1=C(C(=O)OC)N(c2c(F)c(C#N)c(F)c(F)c2C#N)C(N)=C(C#N)C1c1ccccc1. The molecular weight excluding hydrogens is 479 g/mol. The molecule has 0 aliphatic carbocycles. The molecule has 1 heterocycles. The van der Waals surface area contributed by atoms with Crippen molar-refractivity contribution in [1.29, 1.82) is 15.8 Å². The number of anilines is 1. The number of halogens is 3. The zero-order valence-corrected chi connectivity index (χ0v) is 18.6. The lowest BCUT2D eigenvalue weighted by atomic mass is 9.80. The minimum absolute atomic E-state index is 0.294. The molecule has 1 atom stereocenters. The Balaban J connectivity index is 2.61. The van der Waals surface area contributed by atoms with Gasteiger partial charge in [0, 0.05) is 0 Å². The number of allylic oxidation sites excluding steroid dienone is 1. The van der Waals surface area contributed by atoms with Crippen LogP contribution < -0.4 is 10.6 Å². The topological polar surface area (TPSA) is 153 Å². The van der Waals surface area contributed by atoms with E-state index in [1.54, 1.807) is 24.3 Å². The summed E-state index contributed by atoms with van der Waals surface area (Å²) in [6, 6.07) is 12.0. The first-order chi connectivity index (χ1) is 17.2. The first-order valence-corrected chi connectivity index (χ1v) is 9.86. The van der Waals surface area contributed by atoms with Crippen LogP contribution in [-0.2, 0) is 19.1 Å². The minimum atomic E-state index is -1.95. The standard InChI is InChI=1S/C24H14F3N5O4/c1-35-23(33)16-15(11-6-4-3-5-7-11)12(8-28)22(31)32(21(16)24(34)36-2)20-14(10-30)18(26)17(25)13(9-29)19(20)27/h3-7,15H,31H2,1-2H3. The van der Waals surface area contributed by atoms with Crippen LogP contribution in [0.4, 0.5) is 18.9 Å². The molecular formula is C24H14F3N5O4. The van der Waals surface area contributed by atoms with E-state index >= 15 is 4.39 Å². The summed E-state index contributed by atoms with van der Waals surface area (Å²) in [5.74, 6) is -10.1. The molecule has 12 heteroatoms. The summed E-state index contributed by atoms with van der Waals surface area (Å²) in [7, 11) is 1.88. The molecule has 0 radical (unpaired) electrons. The number of nitrogens with zero attached hydrogens (tertiary/aromatic N) is 4. The van der Waals surface area contributed by atoms with Gasteiger partial charge in [0.1, 0.15) is 40.5 Å². The minimum Gasteiger partial charge on any atom is -0.466 e. The van der Waals surface area contributed by atoms with Crippen LogP contribution in [0, 0.1) is 51.4 Å². The molecule has 1 aliphatic rings. The summed E-state index contributed by atoms with van der Waals surface area (Å²) >= 11 is 0. The number of esters is 2. The summed E-state index contributed by atoms with van der Waals surface area (Å²) in [4.78, 5) is 26.3. The number of nitriles is 3. The average molecular weight is 493 g/mol. The van der Waals surface area contributed by atoms with E-state index in [1.165, 1.54) is 18.2 Å². The van der Waals surface area contributed by atoms with E-state index in [4.69, 9.17) is 15.2 Å². The summed E-state index contributed by atoms with van der Waals surface area (Å²) in [6.07, 6.45) is 0. The third kappa shape index (κ3) is 3.75. The van der Waals surface area contributed by atoms with Gasteiger partial charge in [0.2, 0.25) is 0 Å². The van der Waals surface area contributed by atoms with Crippen molar-refractivity contribution in [1.82, 2.24) is 0 Å². The number of nitrogens with two attached hydrogens (primary N) is 1. The molecule has 0 amide bonds. The second-order valence-electron chi connectivity index (χ2n) is 7.10. The highest BCUT2D eigenvalue weighted by Crippen LogP contribution is 2.45. The Bertz CT molecular complexity index is 1480. The van der Waals surface area contributed by atoms with Gasteiger partial charge in [-0.05, 0) is 5.56 Å². The third-order valence-electron chi connectivity index (χ3n) is 5.35. The number of hydrogen-bond acceptors (Lipinski definition) is 9. The van der Waals surface area contributed by atoms with Gasteiger partial charge in [-0.2, -0.15) is 15.8 Å². The second-order valence-corrected chi connectivity index (χ2v) is 7.10. The maximum absolute atomic E-state index is 15.4. The fraction of sp³-hybridized carbons (Fsp3) is 0.125. The molecule has 9 nitrogen and oxygen atoms in total. The third-order valence-corrected chi connectivity index (χ3v) is 5.35. The first-order valence-electron chi connectivity index (χ1n) is 9.86.